The van der Waals surface area contributed by atoms with Crippen LogP contribution >= 0.6 is 0 Å². The molecular formula is C16H28O2. The van der Waals surface area contributed by atoms with E-state index in [1.807, 2.05) is 0 Å². The van der Waals surface area contributed by atoms with Crippen molar-refractivity contribution in [3.05, 3.63) is 12.2 Å². The summed E-state index contributed by atoms with van der Waals surface area (Å²) in [5, 5.41) is 0. The molecule has 0 heterocycles. The second-order valence-electron chi connectivity index (χ2n) is 5.86. The van der Waals surface area contributed by atoms with Gasteiger partial charge in [0.05, 0.1) is 0 Å². The molecule has 2 heteroatoms. The summed E-state index contributed by atoms with van der Waals surface area (Å²) < 4.78 is 5.68. The molecule has 0 bridgehead atoms. The zero-order valence-corrected chi connectivity index (χ0v) is 12.2. The van der Waals surface area contributed by atoms with Crippen molar-refractivity contribution in [2.45, 2.75) is 71.8 Å². The van der Waals surface area contributed by atoms with Crippen LogP contribution in [0.3, 0.4) is 0 Å². The van der Waals surface area contributed by atoms with E-state index in [0.29, 0.717) is 18.3 Å². The van der Waals surface area contributed by atoms with Gasteiger partial charge in [-0.15, -0.1) is 0 Å². The Morgan fingerprint density at radius 1 is 1.33 bits per heavy atom. The maximum Gasteiger partial charge on any atom is 0.306 e. The second-order valence-corrected chi connectivity index (χ2v) is 5.86. The van der Waals surface area contributed by atoms with E-state index in [0.717, 1.165) is 37.7 Å². The lowest BCUT2D eigenvalue weighted by molar-refractivity contribution is -0.153. The minimum Gasteiger partial charge on any atom is -0.462 e. The van der Waals surface area contributed by atoms with E-state index in [4.69, 9.17) is 4.74 Å². The van der Waals surface area contributed by atoms with Crippen LogP contribution in [0.4, 0.5) is 0 Å². The van der Waals surface area contributed by atoms with Gasteiger partial charge < -0.3 is 4.74 Å². The van der Waals surface area contributed by atoms with E-state index < -0.39 is 0 Å². The van der Waals surface area contributed by atoms with Gasteiger partial charge in [-0.3, -0.25) is 4.79 Å². The molecule has 2 nitrogen and oxygen atoms in total. The summed E-state index contributed by atoms with van der Waals surface area (Å²) in [5.41, 5.74) is 1.16. The maximum absolute atomic E-state index is 11.8. The summed E-state index contributed by atoms with van der Waals surface area (Å²) in [7, 11) is 0. The van der Waals surface area contributed by atoms with Crippen molar-refractivity contribution in [1.29, 1.82) is 0 Å². The lowest BCUT2D eigenvalue weighted by Crippen LogP contribution is -2.33. The van der Waals surface area contributed by atoms with Crippen molar-refractivity contribution < 1.29 is 9.53 Å². The molecular weight excluding hydrogens is 224 g/mol. The van der Waals surface area contributed by atoms with Gasteiger partial charge >= 0.3 is 5.97 Å². The molecule has 0 aromatic rings. The van der Waals surface area contributed by atoms with Crippen molar-refractivity contribution in [2.75, 3.05) is 0 Å². The number of carbonyl (C=O) groups is 1. The van der Waals surface area contributed by atoms with Crippen molar-refractivity contribution in [3.63, 3.8) is 0 Å². The molecule has 18 heavy (non-hydrogen) atoms. The minimum atomic E-state index is -0.0196. The van der Waals surface area contributed by atoms with E-state index in [9.17, 15) is 4.79 Å². The number of rotatable bonds is 6. The van der Waals surface area contributed by atoms with Crippen molar-refractivity contribution in [2.24, 2.45) is 11.8 Å². The number of unbranched alkanes of at least 4 members (excludes halogenated alkanes) is 2. The quantitative estimate of drug-likeness (QED) is 0.395. The fraction of sp³-hybridized carbons (Fsp3) is 0.812. The molecule has 1 aliphatic carbocycles. The van der Waals surface area contributed by atoms with Gasteiger partial charge in [0.2, 0.25) is 0 Å². The minimum absolute atomic E-state index is 0.0196. The average Bonchev–Trinajstić information content (AvgIpc) is 2.29. The first-order valence-electron chi connectivity index (χ1n) is 7.39. The third-order valence-corrected chi connectivity index (χ3v) is 3.95. The standard InChI is InChI=1S/C16H28O2/c1-5-6-7-8-16(17)18-15-11-13(4)9-10-14(15)12(2)3/h13-15H,2,5-11H2,1,3-4H3/t13-,14+,15-/m1/s1. The van der Waals surface area contributed by atoms with E-state index in [2.05, 4.69) is 27.4 Å². The number of hydrogen-bond acceptors (Lipinski definition) is 2. The third-order valence-electron chi connectivity index (χ3n) is 3.95. The third kappa shape index (κ3) is 4.83. The summed E-state index contributed by atoms with van der Waals surface area (Å²) in [5.74, 6) is 1.01. The zero-order chi connectivity index (χ0) is 13.5. The summed E-state index contributed by atoms with van der Waals surface area (Å²) in [6.45, 7) is 10.5. The summed E-state index contributed by atoms with van der Waals surface area (Å²) >= 11 is 0. The topological polar surface area (TPSA) is 26.3 Å². The van der Waals surface area contributed by atoms with Gasteiger partial charge in [-0.2, -0.15) is 0 Å². The van der Waals surface area contributed by atoms with Crippen molar-refractivity contribution >= 4 is 5.97 Å². The lowest BCUT2D eigenvalue weighted by Gasteiger charge is -2.34. The van der Waals surface area contributed by atoms with E-state index >= 15 is 0 Å². The van der Waals surface area contributed by atoms with Crippen LogP contribution in [-0.4, -0.2) is 12.1 Å². The molecule has 1 saturated carbocycles. The predicted molar refractivity (Wildman–Crippen MR) is 75.3 cm³/mol. The normalized spacial score (nSPS) is 27.8. The Labute approximate surface area is 112 Å². The fourth-order valence-electron chi connectivity index (χ4n) is 2.77. The molecule has 0 aromatic heterocycles. The van der Waals surface area contributed by atoms with Crippen LogP contribution in [0.1, 0.15) is 65.7 Å². The first kappa shape index (κ1) is 15.3. The number of hydrogen-bond donors (Lipinski definition) is 0. The summed E-state index contributed by atoms with van der Waals surface area (Å²) in [4.78, 5) is 11.8. The van der Waals surface area contributed by atoms with Gasteiger partial charge in [0.25, 0.3) is 0 Å². The highest BCUT2D eigenvalue weighted by Gasteiger charge is 2.31. The van der Waals surface area contributed by atoms with E-state index in [1.165, 1.54) is 6.42 Å². The van der Waals surface area contributed by atoms with E-state index in [1.54, 1.807) is 0 Å². The molecule has 1 fully saturated rings. The zero-order valence-electron chi connectivity index (χ0n) is 12.2. The van der Waals surface area contributed by atoms with Crippen LogP contribution in [0.25, 0.3) is 0 Å². The van der Waals surface area contributed by atoms with Gasteiger partial charge in [-0.1, -0.05) is 38.8 Å². The van der Waals surface area contributed by atoms with Gasteiger partial charge in [0.15, 0.2) is 0 Å². The number of ether oxygens (including phenoxy) is 1. The molecule has 0 saturated heterocycles. The Morgan fingerprint density at radius 2 is 2.06 bits per heavy atom. The lowest BCUT2D eigenvalue weighted by atomic mass is 9.77. The maximum atomic E-state index is 11.8. The monoisotopic (exact) mass is 252 g/mol. The first-order valence-corrected chi connectivity index (χ1v) is 7.39. The average molecular weight is 252 g/mol. The second kappa shape index (κ2) is 7.60. The highest BCUT2D eigenvalue weighted by atomic mass is 16.5. The number of carbonyl (C=O) groups excluding carboxylic acids is 1. The van der Waals surface area contributed by atoms with Crippen LogP contribution < -0.4 is 0 Å². The molecule has 0 N–H and O–H groups in total. The SMILES string of the molecule is C=C(C)[C@@H]1CC[C@@H](C)C[C@H]1OC(=O)CCCCC. The smallest absolute Gasteiger partial charge is 0.306 e. The molecule has 0 unspecified atom stereocenters. The van der Waals surface area contributed by atoms with Crippen LogP contribution in [0.15, 0.2) is 12.2 Å². The highest BCUT2D eigenvalue weighted by molar-refractivity contribution is 5.69. The Kier molecular flexibility index (Phi) is 6.45. The predicted octanol–water partition coefficient (Wildman–Crippen LogP) is 4.49. The van der Waals surface area contributed by atoms with Crippen LogP contribution in [0, 0.1) is 11.8 Å². The number of esters is 1. The van der Waals surface area contributed by atoms with Crippen molar-refractivity contribution in [1.82, 2.24) is 0 Å². The van der Waals surface area contributed by atoms with Gasteiger partial charge in [-0.05, 0) is 38.5 Å². The molecule has 3 atom stereocenters. The van der Waals surface area contributed by atoms with Crippen LogP contribution in [0.5, 0.6) is 0 Å². The first-order chi connectivity index (χ1) is 8.54. The molecule has 0 amide bonds. The van der Waals surface area contributed by atoms with Crippen LogP contribution in [-0.2, 0) is 9.53 Å². The largest absolute Gasteiger partial charge is 0.462 e. The van der Waals surface area contributed by atoms with Gasteiger partial charge in [-0.25, -0.2) is 0 Å². The Hall–Kier alpha value is -0.790. The summed E-state index contributed by atoms with van der Waals surface area (Å²) in [6, 6.07) is 0. The molecule has 0 aromatic carbocycles. The van der Waals surface area contributed by atoms with Gasteiger partial charge in [0.1, 0.15) is 6.10 Å². The molecule has 0 aliphatic heterocycles. The molecule has 104 valence electrons. The molecule has 1 rings (SSSR count). The summed E-state index contributed by atoms with van der Waals surface area (Å²) in [6.07, 6.45) is 7.18. The van der Waals surface area contributed by atoms with E-state index in [-0.39, 0.29) is 12.1 Å². The Balaban J connectivity index is 2.45. The molecule has 1 aliphatic rings. The van der Waals surface area contributed by atoms with Crippen LogP contribution in [0.2, 0.25) is 0 Å². The molecule has 0 spiro atoms. The highest BCUT2D eigenvalue weighted by Crippen LogP contribution is 2.34. The molecule has 0 radical (unpaired) electrons. The Bertz CT molecular complexity index is 283. The van der Waals surface area contributed by atoms with Crippen molar-refractivity contribution in [3.8, 4) is 0 Å². The Morgan fingerprint density at radius 3 is 2.67 bits per heavy atom. The fourth-order valence-corrected chi connectivity index (χ4v) is 2.77. The van der Waals surface area contributed by atoms with Gasteiger partial charge in [0, 0.05) is 12.3 Å².